The van der Waals surface area contributed by atoms with Crippen molar-refractivity contribution < 1.29 is 10.4 Å². The second-order valence-electron chi connectivity index (χ2n) is 3.44. The first-order valence-corrected chi connectivity index (χ1v) is 3.69. The van der Waals surface area contributed by atoms with E-state index >= 15 is 0 Å². The van der Waals surface area contributed by atoms with Crippen molar-refractivity contribution >= 4 is 11.4 Å². The molecule has 60 valence electrons. The molecule has 11 heavy (non-hydrogen) atoms. The summed E-state index contributed by atoms with van der Waals surface area (Å²) in [7, 11) is 0. The van der Waals surface area contributed by atoms with Crippen LogP contribution in [0.1, 0.15) is 19.8 Å². The maximum absolute atomic E-state index is 8.57. The summed E-state index contributed by atoms with van der Waals surface area (Å²) >= 11 is 0. The van der Waals surface area contributed by atoms with Crippen LogP contribution in [-0.2, 0) is 0 Å². The maximum Gasteiger partial charge on any atom is 0.111 e. The van der Waals surface area contributed by atoms with Crippen LogP contribution in [0.25, 0.3) is 0 Å². The summed E-state index contributed by atoms with van der Waals surface area (Å²) in [4.78, 5) is 0. The molecule has 0 saturated heterocycles. The average Bonchev–Trinajstić information content (AvgIpc) is 2.01. The number of nitrogens with zero attached hydrogens (tertiary/aromatic N) is 2. The van der Waals surface area contributed by atoms with Crippen molar-refractivity contribution in [1.29, 1.82) is 0 Å². The van der Waals surface area contributed by atoms with Crippen LogP contribution in [0.2, 0.25) is 0 Å². The molecule has 0 radical (unpaired) electrons. The molecule has 0 spiro atoms. The van der Waals surface area contributed by atoms with Crippen molar-refractivity contribution in [2.75, 3.05) is 0 Å². The quantitative estimate of drug-likeness (QED) is 0.405. The van der Waals surface area contributed by atoms with E-state index in [9.17, 15) is 0 Å². The van der Waals surface area contributed by atoms with Crippen LogP contribution in [0.4, 0.5) is 0 Å². The van der Waals surface area contributed by atoms with Gasteiger partial charge in [-0.1, -0.05) is 17.2 Å². The average molecular weight is 154 g/mol. The number of oxime groups is 2. The Morgan fingerprint density at radius 3 is 2.45 bits per heavy atom. The van der Waals surface area contributed by atoms with Gasteiger partial charge in [0, 0.05) is 11.3 Å². The Morgan fingerprint density at radius 2 is 2.18 bits per heavy atom. The van der Waals surface area contributed by atoms with Crippen molar-refractivity contribution in [1.82, 2.24) is 0 Å². The van der Waals surface area contributed by atoms with Crippen molar-refractivity contribution in [3.05, 3.63) is 0 Å². The maximum atomic E-state index is 8.57. The molecule has 0 aromatic carbocycles. The summed E-state index contributed by atoms with van der Waals surface area (Å²) in [6, 6.07) is 0. The highest BCUT2D eigenvalue weighted by Crippen LogP contribution is 2.56. The third-order valence-electron chi connectivity index (χ3n) is 3.04. The van der Waals surface area contributed by atoms with Gasteiger partial charge in [0.05, 0.1) is 0 Å². The van der Waals surface area contributed by atoms with Gasteiger partial charge in [0.1, 0.15) is 11.4 Å². The molecule has 4 heteroatoms. The number of rotatable bonds is 0. The van der Waals surface area contributed by atoms with E-state index in [1.54, 1.807) is 0 Å². The normalized spacial score (nSPS) is 48.3. The summed E-state index contributed by atoms with van der Waals surface area (Å²) in [6.45, 7) is 2.03. The number of hydrogen-bond donors (Lipinski definition) is 2. The second kappa shape index (κ2) is 1.75. The van der Waals surface area contributed by atoms with Crippen LogP contribution < -0.4 is 0 Å². The molecule has 0 heterocycles. The molecule has 0 aromatic heterocycles. The molecular formula is C7H10N2O2. The van der Waals surface area contributed by atoms with E-state index in [-0.39, 0.29) is 5.41 Å². The van der Waals surface area contributed by atoms with E-state index in [0.717, 1.165) is 12.8 Å². The number of fused-ring (bicyclic) bond motifs is 1. The Bertz CT molecular complexity index is 259. The molecule has 0 aliphatic heterocycles. The highest BCUT2D eigenvalue weighted by Gasteiger charge is 2.61. The molecule has 2 N–H and O–H groups in total. The van der Waals surface area contributed by atoms with E-state index in [4.69, 9.17) is 10.4 Å². The van der Waals surface area contributed by atoms with Crippen molar-refractivity contribution in [2.45, 2.75) is 19.8 Å². The molecule has 0 bridgehead atoms. The Morgan fingerprint density at radius 1 is 1.45 bits per heavy atom. The zero-order valence-corrected chi connectivity index (χ0v) is 6.28. The molecule has 2 unspecified atom stereocenters. The van der Waals surface area contributed by atoms with Gasteiger partial charge >= 0.3 is 0 Å². The molecular weight excluding hydrogens is 144 g/mol. The van der Waals surface area contributed by atoms with Gasteiger partial charge in [0.2, 0.25) is 0 Å². The molecule has 2 aliphatic rings. The first kappa shape index (κ1) is 6.64. The SMILES string of the molecule is CC12CCC1C(=N\O)/C2=N\O. The Hall–Kier alpha value is -1.06. The summed E-state index contributed by atoms with van der Waals surface area (Å²) in [5, 5.41) is 23.3. The summed E-state index contributed by atoms with van der Waals surface area (Å²) in [5.74, 6) is 0.332. The van der Waals surface area contributed by atoms with Crippen LogP contribution in [0.15, 0.2) is 10.3 Å². The minimum atomic E-state index is 0.0102. The van der Waals surface area contributed by atoms with E-state index < -0.39 is 0 Å². The molecule has 2 fully saturated rings. The zero-order valence-electron chi connectivity index (χ0n) is 6.28. The zero-order chi connectivity index (χ0) is 8.06. The van der Waals surface area contributed by atoms with Gasteiger partial charge in [-0.15, -0.1) is 0 Å². The van der Waals surface area contributed by atoms with Crippen LogP contribution in [0.3, 0.4) is 0 Å². The third-order valence-corrected chi connectivity index (χ3v) is 3.04. The lowest BCUT2D eigenvalue weighted by Crippen LogP contribution is -2.63. The highest BCUT2D eigenvalue weighted by molar-refractivity contribution is 6.52. The van der Waals surface area contributed by atoms with Gasteiger partial charge in [0.25, 0.3) is 0 Å². The third kappa shape index (κ3) is 0.514. The van der Waals surface area contributed by atoms with E-state index in [1.165, 1.54) is 0 Å². The van der Waals surface area contributed by atoms with Crippen molar-refractivity contribution in [3.63, 3.8) is 0 Å². The largest absolute Gasteiger partial charge is 0.411 e. The topological polar surface area (TPSA) is 65.2 Å². The van der Waals surface area contributed by atoms with Gasteiger partial charge in [-0.05, 0) is 12.8 Å². The lowest BCUT2D eigenvalue weighted by Gasteiger charge is -2.56. The Kier molecular flexibility index (Phi) is 1.06. The first-order valence-electron chi connectivity index (χ1n) is 3.69. The number of hydrogen-bond acceptors (Lipinski definition) is 4. The fourth-order valence-electron chi connectivity index (χ4n) is 2.11. The first-order chi connectivity index (χ1) is 5.24. The van der Waals surface area contributed by atoms with Crippen LogP contribution in [-0.4, -0.2) is 21.8 Å². The second-order valence-corrected chi connectivity index (χ2v) is 3.44. The van der Waals surface area contributed by atoms with Gasteiger partial charge in [-0.3, -0.25) is 0 Å². The fraction of sp³-hybridized carbons (Fsp3) is 0.714. The Balaban J connectivity index is 2.33. The monoisotopic (exact) mass is 154 g/mol. The lowest BCUT2D eigenvalue weighted by atomic mass is 9.46. The lowest BCUT2D eigenvalue weighted by molar-refractivity contribution is 0.153. The summed E-state index contributed by atoms with van der Waals surface area (Å²) in [5.41, 5.74) is 1.15. The van der Waals surface area contributed by atoms with E-state index in [0.29, 0.717) is 17.3 Å². The Labute approximate surface area is 64.2 Å². The molecule has 2 rings (SSSR count). The molecule has 4 nitrogen and oxygen atoms in total. The minimum Gasteiger partial charge on any atom is -0.411 e. The van der Waals surface area contributed by atoms with Gasteiger partial charge in [-0.25, -0.2) is 0 Å². The van der Waals surface area contributed by atoms with Crippen LogP contribution >= 0.6 is 0 Å². The van der Waals surface area contributed by atoms with E-state index in [1.807, 2.05) is 6.92 Å². The standard InChI is InChI=1S/C7H10N2O2/c1-7-3-2-4(7)5(8-10)6(7)9-11/h4,10-11H,2-3H2,1H3/b8-5+,9-6+. The molecule has 2 saturated carbocycles. The van der Waals surface area contributed by atoms with Crippen LogP contribution in [0, 0.1) is 11.3 Å². The van der Waals surface area contributed by atoms with Gasteiger partial charge in [-0.2, -0.15) is 0 Å². The molecule has 2 atom stereocenters. The summed E-state index contributed by atoms with van der Waals surface area (Å²) in [6.07, 6.45) is 2.09. The van der Waals surface area contributed by atoms with E-state index in [2.05, 4.69) is 10.3 Å². The van der Waals surface area contributed by atoms with Crippen molar-refractivity contribution in [2.24, 2.45) is 21.6 Å². The highest BCUT2D eigenvalue weighted by atomic mass is 16.4. The minimum absolute atomic E-state index is 0.0102. The predicted octanol–water partition coefficient (Wildman–Crippen LogP) is 1.08. The van der Waals surface area contributed by atoms with Crippen molar-refractivity contribution in [3.8, 4) is 0 Å². The smallest absolute Gasteiger partial charge is 0.111 e. The molecule has 2 aliphatic carbocycles. The van der Waals surface area contributed by atoms with Crippen LogP contribution in [0.5, 0.6) is 0 Å². The molecule has 0 aromatic rings. The van der Waals surface area contributed by atoms with Gasteiger partial charge in [0.15, 0.2) is 0 Å². The molecule has 0 amide bonds. The van der Waals surface area contributed by atoms with Gasteiger partial charge < -0.3 is 10.4 Å². The summed E-state index contributed by atoms with van der Waals surface area (Å²) < 4.78 is 0. The predicted molar refractivity (Wildman–Crippen MR) is 39.3 cm³/mol. The fourth-order valence-corrected chi connectivity index (χ4v) is 2.11.